The van der Waals surface area contributed by atoms with Crippen molar-refractivity contribution in [3.05, 3.63) is 29.8 Å². The van der Waals surface area contributed by atoms with Gasteiger partial charge in [0, 0.05) is 24.2 Å². The molecule has 4 heteroatoms. The van der Waals surface area contributed by atoms with Crippen LogP contribution >= 0.6 is 0 Å². The van der Waals surface area contributed by atoms with E-state index in [0.29, 0.717) is 6.42 Å². The molecule has 0 spiro atoms. The fourth-order valence-corrected chi connectivity index (χ4v) is 2.07. The molecule has 0 aromatic heterocycles. The van der Waals surface area contributed by atoms with Crippen molar-refractivity contribution in [2.24, 2.45) is 0 Å². The monoisotopic (exact) mass is 246 g/mol. The highest BCUT2D eigenvalue weighted by Gasteiger charge is 2.21. The van der Waals surface area contributed by atoms with Gasteiger partial charge in [-0.05, 0) is 37.1 Å². The van der Waals surface area contributed by atoms with Crippen molar-refractivity contribution in [1.82, 2.24) is 5.32 Å². The van der Waals surface area contributed by atoms with Crippen molar-refractivity contribution >= 4 is 17.4 Å². The number of amides is 1. The highest BCUT2D eigenvalue weighted by molar-refractivity contribution is 5.96. The van der Waals surface area contributed by atoms with E-state index in [9.17, 15) is 9.59 Å². The van der Waals surface area contributed by atoms with Gasteiger partial charge in [-0.3, -0.25) is 9.59 Å². The predicted octanol–water partition coefficient (Wildman–Crippen LogP) is 1.97. The summed E-state index contributed by atoms with van der Waals surface area (Å²) >= 11 is 0. The number of benzene rings is 1. The second-order valence-corrected chi connectivity index (χ2v) is 4.48. The summed E-state index contributed by atoms with van der Waals surface area (Å²) in [6, 6.07) is 7.14. The third kappa shape index (κ3) is 2.88. The van der Waals surface area contributed by atoms with Crippen molar-refractivity contribution in [2.75, 3.05) is 11.9 Å². The first-order chi connectivity index (χ1) is 8.70. The van der Waals surface area contributed by atoms with Gasteiger partial charge in [0.25, 0.3) is 0 Å². The largest absolute Gasteiger partial charge is 0.374 e. The van der Waals surface area contributed by atoms with Crippen molar-refractivity contribution in [3.63, 3.8) is 0 Å². The predicted molar refractivity (Wildman–Crippen MR) is 70.7 cm³/mol. The van der Waals surface area contributed by atoms with Gasteiger partial charge in [-0.1, -0.05) is 6.92 Å². The lowest BCUT2D eigenvalue weighted by Crippen LogP contribution is -2.44. The number of hydrogen-bond acceptors (Lipinski definition) is 3. The van der Waals surface area contributed by atoms with Gasteiger partial charge in [-0.2, -0.15) is 0 Å². The summed E-state index contributed by atoms with van der Waals surface area (Å²) in [5, 5.41) is 6.03. The molecular formula is C14H18N2O2. The molecule has 0 saturated carbocycles. The van der Waals surface area contributed by atoms with Crippen LogP contribution in [0.3, 0.4) is 0 Å². The van der Waals surface area contributed by atoms with Gasteiger partial charge in [-0.15, -0.1) is 0 Å². The topological polar surface area (TPSA) is 58.2 Å². The second-order valence-electron chi connectivity index (χ2n) is 4.48. The van der Waals surface area contributed by atoms with Crippen LogP contribution in [0.1, 0.15) is 36.5 Å². The quantitative estimate of drug-likeness (QED) is 0.798. The van der Waals surface area contributed by atoms with E-state index in [2.05, 4.69) is 10.6 Å². The van der Waals surface area contributed by atoms with Crippen LogP contribution < -0.4 is 10.6 Å². The number of nitrogens with one attached hydrogen (secondary N) is 2. The van der Waals surface area contributed by atoms with E-state index < -0.39 is 0 Å². The lowest BCUT2D eigenvalue weighted by Gasteiger charge is -2.23. The molecule has 1 unspecified atom stereocenters. The highest BCUT2D eigenvalue weighted by Crippen LogP contribution is 2.15. The summed E-state index contributed by atoms with van der Waals surface area (Å²) < 4.78 is 0. The first-order valence-electron chi connectivity index (χ1n) is 6.38. The molecule has 2 N–H and O–H groups in total. The van der Waals surface area contributed by atoms with Crippen molar-refractivity contribution in [3.8, 4) is 0 Å². The molecule has 1 amide bonds. The summed E-state index contributed by atoms with van der Waals surface area (Å²) in [5.41, 5.74) is 1.60. The lowest BCUT2D eigenvalue weighted by atomic mass is 10.1. The maximum atomic E-state index is 11.6. The van der Waals surface area contributed by atoms with Crippen LogP contribution in [-0.4, -0.2) is 24.3 Å². The van der Waals surface area contributed by atoms with Gasteiger partial charge < -0.3 is 10.6 Å². The van der Waals surface area contributed by atoms with Gasteiger partial charge in [-0.25, -0.2) is 0 Å². The van der Waals surface area contributed by atoms with Gasteiger partial charge in [0.15, 0.2) is 5.78 Å². The number of carbonyl (C=O) groups excluding carboxylic acids is 2. The Morgan fingerprint density at radius 1 is 1.39 bits per heavy atom. The number of carbonyl (C=O) groups is 2. The molecule has 1 aromatic rings. The van der Waals surface area contributed by atoms with Crippen LogP contribution in [-0.2, 0) is 4.79 Å². The Labute approximate surface area is 107 Å². The number of anilines is 1. The van der Waals surface area contributed by atoms with Gasteiger partial charge >= 0.3 is 0 Å². The first-order valence-corrected chi connectivity index (χ1v) is 6.38. The molecule has 0 bridgehead atoms. The summed E-state index contributed by atoms with van der Waals surface area (Å²) in [6.07, 6.45) is 2.36. The Kier molecular flexibility index (Phi) is 3.97. The van der Waals surface area contributed by atoms with Crippen LogP contribution in [0.15, 0.2) is 24.3 Å². The Balaban J connectivity index is 2.01. The Morgan fingerprint density at radius 2 is 2.11 bits per heavy atom. The molecule has 0 radical (unpaired) electrons. The Bertz CT molecular complexity index is 440. The van der Waals surface area contributed by atoms with E-state index in [0.717, 1.165) is 30.6 Å². The molecule has 1 saturated heterocycles. The van der Waals surface area contributed by atoms with Crippen LogP contribution in [0, 0.1) is 0 Å². The van der Waals surface area contributed by atoms with Crippen molar-refractivity contribution < 1.29 is 9.59 Å². The van der Waals surface area contributed by atoms with Crippen LogP contribution in [0.25, 0.3) is 0 Å². The minimum atomic E-state index is -0.161. The molecule has 96 valence electrons. The molecular weight excluding hydrogens is 228 g/mol. The second kappa shape index (κ2) is 5.67. The van der Waals surface area contributed by atoms with E-state index in [1.165, 1.54) is 0 Å². The average Bonchev–Trinajstić information content (AvgIpc) is 2.41. The number of Topliss-reactive ketones (excluding diaryl/α,β-unsaturated/α-hetero) is 1. The van der Waals surface area contributed by atoms with E-state index in [-0.39, 0.29) is 17.7 Å². The minimum absolute atomic E-state index is 0.0509. The molecule has 1 aromatic carbocycles. The van der Waals surface area contributed by atoms with E-state index in [4.69, 9.17) is 0 Å². The number of rotatable bonds is 4. The summed E-state index contributed by atoms with van der Waals surface area (Å²) in [6.45, 7) is 2.61. The third-order valence-electron chi connectivity index (χ3n) is 3.15. The number of hydrogen-bond donors (Lipinski definition) is 2. The first kappa shape index (κ1) is 12.6. The van der Waals surface area contributed by atoms with Gasteiger partial charge in [0.2, 0.25) is 5.91 Å². The zero-order chi connectivity index (χ0) is 13.0. The summed E-state index contributed by atoms with van der Waals surface area (Å²) in [5.74, 6) is 0.187. The zero-order valence-corrected chi connectivity index (χ0v) is 10.5. The smallest absolute Gasteiger partial charge is 0.242 e. The molecule has 1 heterocycles. The fraction of sp³-hybridized carbons (Fsp3) is 0.429. The maximum Gasteiger partial charge on any atom is 0.242 e. The number of piperidine rings is 1. The molecule has 4 nitrogen and oxygen atoms in total. The van der Waals surface area contributed by atoms with E-state index >= 15 is 0 Å². The average molecular weight is 246 g/mol. The van der Waals surface area contributed by atoms with E-state index in [1.807, 2.05) is 19.1 Å². The highest BCUT2D eigenvalue weighted by atomic mass is 16.2. The fourth-order valence-electron chi connectivity index (χ4n) is 2.07. The molecule has 0 aliphatic carbocycles. The van der Waals surface area contributed by atoms with Crippen LogP contribution in [0.5, 0.6) is 0 Å². The summed E-state index contributed by atoms with van der Waals surface area (Å²) in [4.78, 5) is 23.1. The molecule has 1 atom stereocenters. The van der Waals surface area contributed by atoms with E-state index in [1.54, 1.807) is 12.1 Å². The normalized spacial score (nSPS) is 19.2. The number of ketones is 1. The van der Waals surface area contributed by atoms with Crippen molar-refractivity contribution in [1.29, 1.82) is 0 Å². The zero-order valence-electron chi connectivity index (χ0n) is 10.5. The molecule has 18 heavy (non-hydrogen) atoms. The van der Waals surface area contributed by atoms with Crippen LogP contribution in [0.4, 0.5) is 5.69 Å². The summed E-state index contributed by atoms with van der Waals surface area (Å²) in [7, 11) is 0. The third-order valence-corrected chi connectivity index (χ3v) is 3.15. The molecule has 1 aliphatic heterocycles. The molecule has 1 fully saturated rings. The van der Waals surface area contributed by atoms with Crippen LogP contribution in [0.2, 0.25) is 0 Å². The Hall–Kier alpha value is -1.84. The maximum absolute atomic E-state index is 11.6. The molecule has 2 rings (SSSR count). The van der Waals surface area contributed by atoms with Crippen molar-refractivity contribution in [2.45, 2.75) is 32.2 Å². The van der Waals surface area contributed by atoms with Gasteiger partial charge in [0.05, 0.1) is 0 Å². The van der Waals surface area contributed by atoms with Gasteiger partial charge in [0.1, 0.15) is 6.04 Å². The lowest BCUT2D eigenvalue weighted by molar-refractivity contribution is -0.123. The SMILES string of the molecule is CCC(=O)c1ccc(NC2CCCNC2=O)cc1. The standard InChI is InChI=1S/C14H18N2O2/c1-2-13(17)10-5-7-11(8-6-10)16-12-4-3-9-15-14(12)18/h5-8,12,16H,2-4,9H2,1H3,(H,15,18). The molecule has 1 aliphatic rings. The minimum Gasteiger partial charge on any atom is -0.374 e. The Morgan fingerprint density at radius 3 is 2.72 bits per heavy atom.